The van der Waals surface area contributed by atoms with E-state index in [2.05, 4.69) is 13.8 Å². The monoisotopic (exact) mass is 254 g/mol. The van der Waals surface area contributed by atoms with E-state index in [1.165, 1.54) is 0 Å². The lowest BCUT2D eigenvalue weighted by atomic mass is 9.86. The number of nitrogens with two attached hydrogens (primary N) is 1. The topological polar surface area (TPSA) is 55.6 Å². The van der Waals surface area contributed by atoms with Gasteiger partial charge < -0.3 is 15.4 Å². The molecule has 18 heavy (non-hydrogen) atoms. The minimum absolute atomic E-state index is 0.0834. The number of rotatable bonds is 2. The fourth-order valence-electron chi connectivity index (χ4n) is 3.22. The van der Waals surface area contributed by atoms with Crippen molar-refractivity contribution in [3.05, 3.63) is 0 Å². The molecule has 2 aliphatic rings. The Labute approximate surface area is 110 Å². The first-order chi connectivity index (χ1) is 8.49. The number of hydrogen-bond donors (Lipinski definition) is 1. The van der Waals surface area contributed by atoms with Crippen LogP contribution >= 0.6 is 0 Å². The minimum atomic E-state index is -0.0834. The van der Waals surface area contributed by atoms with Gasteiger partial charge in [-0.15, -0.1) is 0 Å². The van der Waals surface area contributed by atoms with Gasteiger partial charge >= 0.3 is 0 Å². The van der Waals surface area contributed by atoms with E-state index in [-0.39, 0.29) is 11.6 Å². The lowest BCUT2D eigenvalue weighted by molar-refractivity contribution is -0.140. The molecule has 0 radical (unpaired) electrons. The summed E-state index contributed by atoms with van der Waals surface area (Å²) in [5.41, 5.74) is 5.92. The number of ether oxygens (including phenoxy) is 1. The molecule has 0 aromatic heterocycles. The molecule has 0 aromatic rings. The van der Waals surface area contributed by atoms with E-state index in [0.717, 1.165) is 45.4 Å². The third kappa shape index (κ3) is 3.23. The highest BCUT2D eigenvalue weighted by molar-refractivity contribution is 5.77. The van der Waals surface area contributed by atoms with Gasteiger partial charge in [-0.3, -0.25) is 4.79 Å². The van der Waals surface area contributed by atoms with Gasteiger partial charge in [0.15, 0.2) is 0 Å². The highest BCUT2D eigenvalue weighted by Gasteiger charge is 2.36. The molecule has 2 aliphatic heterocycles. The fraction of sp³-hybridized carbons (Fsp3) is 0.929. The lowest BCUT2D eigenvalue weighted by Crippen LogP contribution is -2.56. The van der Waals surface area contributed by atoms with Crippen LogP contribution in [0.15, 0.2) is 0 Å². The first kappa shape index (κ1) is 13.8. The van der Waals surface area contributed by atoms with E-state index < -0.39 is 0 Å². The third-order valence-corrected chi connectivity index (χ3v) is 4.32. The van der Waals surface area contributed by atoms with Crippen LogP contribution in [0.25, 0.3) is 0 Å². The van der Waals surface area contributed by atoms with Crippen LogP contribution in [0, 0.1) is 5.92 Å². The van der Waals surface area contributed by atoms with Crippen molar-refractivity contribution in [3.8, 4) is 0 Å². The van der Waals surface area contributed by atoms with Gasteiger partial charge in [-0.25, -0.2) is 0 Å². The Morgan fingerprint density at radius 3 is 2.61 bits per heavy atom. The van der Waals surface area contributed by atoms with Crippen LogP contribution < -0.4 is 5.73 Å². The van der Waals surface area contributed by atoms with Crippen LogP contribution in [0.2, 0.25) is 0 Å². The van der Waals surface area contributed by atoms with Gasteiger partial charge in [0.05, 0.1) is 0 Å². The summed E-state index contributed by atoms with van der Waals surface area (Å²) < 4.78 is 5.34. The SMILES string of the molecule is CC1(C)CC(N)CCN1C(=O)CC1CCOCC1. The number of amides is 1. The van der Waals surface area contributed by atoms with Crippen molar-refractivity contribution in [1.82, 2.24) is 4.90 Å². The molecule has 1 amide bonds. The summed E-state index contributed by atoms with van der Waals surface area (Å²) in [6.45, 7) is 6.70. The molecule has 0 aromatic carbocycles. The normalized spacial score (nSPS) is 29.3. The maximum atomic E-state index is 12.4. The Bertz CT molecular complexity index is 298. The van der Waals surface area contributed by atoms with Gasteiger partial charge in [0.1, 0.15) is 0 Å². The fourth-order valence-corrected chi connectivity index (χ4v) is 3.22. The third-order valence-electron chi connectivity index (χ3n) is 4.32. The van der Waals surface area contributed by atoms with Gasteiger partial charge in [-0.1, -0.05) is 0 Å². The molecule has 2 heterocycles. The smallest absolute Gasteiger partial charge is 0.223 e. The van der Waals surface area contributed by atoms with Gasteiger partial charge in [0.25, 0.3) is 0 Å². The molecule has 1 atom stereocenters. The highest BCUT2D eigenvalue weighted by Crippen LogP contribution is 2.29. The maximum Gasteiger partial charge on any atom is 0.223 e. The van der Waals surface area contributed by atoms with Crippen LogP contribution in [0.3, 0.4) is 0 Å². The number of likely N-dealkylation sites (tertiary alicyclic amines) is 1. The van der Waals surface area contributed by atoms with Gasteiger partial charge in [-0.05, 0) is 45.4 Å². The van der Waals surface area contributed by atoms with Crippen molar-refractivity contribution in [2.45, 2.75) is 57.5 Å². The summed E-state index contributed by atoms with van der Waals surface area (Å²) in [5, 5.41) is 0. The first-order valence-corrected chi connectivity index (χ1v) is 7.13. The van der Waals surface area contributed by atoms with E-state index in [0.29, 0.717) is 18.2 Å². The van der Waals surface area contributed by atoms with E-state index in [1.807, 2.05) is 4.90 Å². The molecule has 1 unspecified atom stereocenters. The largest absolute Gasteiger partial charge is 0.381 e. The van der Waals surface area contributed by atoms with Gasteiger partial charge in [-0.2, -0.15) is 0 Å². The predicted octanol–water partition coefficient (Wildman–Crippen LogP) is 1.53. The summed E-state index contributed by atoms with van der Waals surface area (Å²) in [6.07, 6.45) is 4.58. The van der Waals surface area contributed by atoms with Crippen molar-refractivity contribution in [2.24, 2.45) is 11.7 Å². The second-order valence-electron chi connectivity index (χ2n) is 6.37. The van der Waals surface area contributed by atoms with Crippen molar-refractivity contribution < 1.29 is 9.53 Å². The quantitative estimate of drug-likeness (QED) is 0.813. The zero-order valence-electron chi connectivity index (χ0n) is 11.7. The molecule has 4 nitrogen and oxygen atoms in total. The van der Waals surface area contributed by atoms with Crippen LogP contribution in [0.5, 0.6) is 0 Å². The van der Waals surface area contributed by atoms with Crippen molar-refractivity contribution in [3.63, 3.8) is 0 Å². The highest BCUT2D eigenvalue weighted by atomic mass is 16.5. The van der Waals surface area contributed by atoms with Crippen molar-refractivity contribution >= 4 is 5.91 Å². The maximum absolute atomic E-state index is 12.4. The Kier molecular flexibility index (Phi) is 4.28. The molecular formula is C14H26N2O2. The van der Waals surface area contributed by atoms with Crippen molar-refractivity contribution in [2.75, 3.05) is 19.8 Å². The Hall–Kier alpha value is -0.610. The predicted molar refractivity (Wildman–Crippen MR) is 71.2 cm³/mol. The molecule has 2 fully saturated rings. The lowest BCUT2D eigenvalue weighted by Gasteiger charge is -2.45. The molecule has 0 aliphatic carbocycles. The number of nitrogens with zero attached hydrogens (tertiary/aromatic N) is 1. The van der Waals surface area contributed by atoms with E-state index >= 15 is 0 Å². The number of piperidine rings is 1. The summed E-state index contributed by atoms with van der Waals surface area (Å²) in [7, 11) is 0. The Morgan fingerprint density at radius 2 is 2.00 bits per heavy atom. The first-order valence-electron chi connectivity index (χ1n) is 7.13. The minimum Gasteiger partial charge on any atom is -0.381 e. The van der Waals surface area contributed by atoms with Gasteiger partial charge in [0.2, 0.25) is 5.91 Å². The molecular weight excluding hydrogens is 228 g/mol. The molecule has 0 saturated carbocycles. The standard InChI is InChI=1S/C14H26N2O2/c1-14(2)10-12(15)3-6-16(14)13(17)9-11-4-7-18-8-5-11/h11-12H,3-10,15H2,1-2H3. The van der Waals surface area contributed by atoms with Crippen LogP contribution in [0.1, 0.15) is 46.0 Å². The second kappa shape index (κ2) is 5.57. The van der Waals surface area contributed by atoms with E-state index in [1.54, 1.807) is 0 Å². The van der Waals surface area contributed by atoms with Gasteiger partial charge in [0, 0.05) is 37.8 Å². The number of carbonyl (C=O) groups is 1. The molecule has 2 rings (SSSR count). The zero-order chi connectivity index (χ0) is 13.2. The Balaban J connectivity index is 1.91. The number of hydrogen-bond acceptors (Lipinski definition) is 3. The van der Waals surface area contributed by atoms with Crippen LogP contribution in [-0.2, 0) is 9.53 Å². The van der Waals surface area contributed by atoms with Crippen LogP contribution in [0.4, 0.5) is 0 Å². The summed E-state index contributed by atoms with van der Waals surface area (Å²) in [5.74, 6) is 0.816. The average molecular weight is 254 g/mol. The zero-order valence-corrected chi connectivity index (χ0v) is 11.7. The number of carbonyl (C=O) groups excluding carboxylic acids is 1. The molecule has 0 bridgehead atoms. The molecule has 104 valence electrons. The second-order valence-corrected chi connectivity index (χ2v) is 6.37. The van der Waals surface area contributed by atoms with Crippen LogP contribution in [-0.4, -0.2) is 42.1 Å². The van der Waals surface area contributed by atoms with Crippen molar-refractivity contribution in [1.29, 1.82) is 0 Å². The molecule has 0 spiro atoms. The average Bonchev–Trinajstić information content (AvgIpc) is 2.28. The molecule has 4 heteroatoms. The summed E-state index contributed by atoms with van der Waals surface area (Å²) in [4.78, 5) is 14.5. The van der Waals surface area contributed by atoms with E-state index in [9.17, 15) is 4.79 Å². The molecule has 2 saturated heterocycles. The Morgan fingerprint density at radius 1 is 1.33 bits per heavy atom. The summed E-state index contributed by atoms with van der Waals surface area (Å²) >= 11 is 0. The molecule has 2 N–H and O–H groups in total. The summed E-state index contributed by atoms with van der Waals surface area (Å²) in [6, 6.07) is 0.243. The van der Waals surface area contributed by atoms with E-state index in [4.69, 9.17) is 10.5 Å².